The van der Waals surface area contributed by atoms with Gasteiger partial charge in [-0.2, -0.15) is 12.6 Å². The maximum Gasteiger partial charge on any atom is 0.327 e. The van der Waals surface area contributed by atoms with E-state index < -0.39 is 47.9 Å². The third kappa shape index (κ3) is 11.4. The van der Waals surface area contributed by atoms with Crippen molar-refractivity contribution in [1.82, 2.24) is 16.0 Å². The molecule has 0 bridgehead atoms. The number of carboxylic acids is 1. The molecule has 0 saturated heterocycles. The van der Waals surface area contributed by atoms with Crippen LogP contribution in [-0.2, 0) is 19.2 Å². The molecule has 0 aliphatic rings. The van der Waals surface area contributed by atoms with Gasteiger partial charge in [0, 0.05) is 5.75 Å². The highest BCUT2D eigenvalue weighted by Gasteiger charge is 2.30. The molecule has 10 nitrogen and oxygen atoms in total. The second-order valence-corrected chi connectivity index (χ2v) is 8.75. The molecule has 11 heteroatoms. The van der Waals surface area contributed by atoms with Crippen LogP contribution in [0, 0.1) is 11.8 Å². The van der Waals surface area contributed by atoms with Gasteiger partial charge < -0.3 is 32.5 Å². The lowest BCUT2D eigenvalue weighted by Gasteiger charge is -2.26. The highest BCUT2D eigenvalue weighted by Crippen LogP contribution is 2.09. The van der Waals surface area contributed by atoms with Gasteiger partial charge in [-0.3, -0.25) is 14.4 Å². The Bertz CT molecular complexity index is 603. The van der Waals surface area contributed by atoms with Crippen molar-refractivity contribution in [2.45, 2.75) is 77.5 Å². The van der Waals surface area contributed by atoms with Crippen LogP contribution < -0.4 is 27.4 Å². The summed E-state index contributed by atoms with van der Waals surface area (Å²) >= 11 is 3.94. The van der Waals surface area contributed by atoms with Crippen molar-refractivity contribution in [3.8, 4) is 0 Å². The molecule has 0 aromatic rings. The molecular formula is C20H39N5O5S. The number of carbonyl (C=O) groups excluding carboxylic acids is 3. The van der Waals surface area contributed by atoms with E-state index in [0.717, 1.165) is 0 Å². The first kappa shape index (κ1) is 29.1. The number of carboxylic acid groups (broad SMARTS) is 1. The van der Waals surface area contributed by atoms with Crippen LogP contribution in [0.2, 0.25) is 0 Å². The molecule has 0 aliphatic carbocycles. The number of hydrogen-bond donors (Lipinski definition) is 7. The predicted octanol–water partition coefficient (Wildman–Crippen LogP) is -0.386. The Morgan fingerprint density at radius 2 is 1.39 bits per heavy atom. The van der Waals surface area contributed by atoms with Gasteiger partial charge in [-0.15, -0.1) is 0 Å². The zero-order valence-electron chi connectivity index (χ0n) is 18.9. The first-order valence-corrected chi connectivity index (χ1v) is 11.3. The second-order valence-electron chi connectivity index (χ2n) is 8.39. The summed E-state index contributed by atoms with van der Waals surface area (Å²) in [6.45, 7) is 7.81. The van der Waals surface area contributed by atoms with Gasteiger partial charge in [0.25, 0.3) is 0 Å². The van der Waals surface area contributed by atoms with E-state index in [0.29, 0.717) is 32.2 Å². The quantitative estimate of drug-likeness (QED) is 0.128. The van der Waals surface area contributed by atoms with E-state index in [-0.39, 0.29) is 17.6 Å². The number of unbranched alkanes of at least 4 members (excludes halogenated alkanes) is 1. The molecule has 8 N–H and O–H groups in total. The highest BCUT2D eigenvalue weighted by molar-refractivity contribution is 7.80. The predicted molar refractivity (Wildman–Crippen MR) is 122 cm³/mol. The number of carbonyl (C=O) groups is 4. The Hall–Kier alpha value is -1.85. The zero-order chi connectivity index (χ0) is 24.1. The van der Waals surface area contributed by atoms with E-state index in [4.69, 9.17) is 16.6 Å². The topological polar surface area (TPSA) is 177 Å². The van der Waals surface area contributed by atoms with Crippen molar-refractivity contribution >= 4 is 36.3 Å². The maximum absolute atomic E-state index is 12.9. The third-order valence-electron chi connectivity index (χ3n) is 4.74. The molecule has 0 saturated carbocycles. The van der Waals surface area contributed by atoms with E-state index in [1.165, 1.54) is 0 Å². The van der Waals surface area contributed by atoms with E-state index in [1.54, 1.807) is 13.8 Å². The zero-order valence-corrected chi connectivity index (χ0v) is 19.8. The van der Waals surface area contributed by atoms with Gasteiger partial charge in [0.05, 0.1) is 6.04 Å². The smallest absolute Gasteiger partial charge is 0.327 e. The van der Waals surface area contributed by atoms with Gasteiger partial charge in [0.2, 0.25) is 17.7 Å². The number of hydrogen-bond acceptors (Lipinski definition) is 7. The summed E-state index contributed by atoms with van der Waals surface area (Å²) in [7, 11) is 0. The van der Waals surface area contributed by atoms with Crippen LogP contribution in [0.1, 0.15) is 53.4 Å². The second kappa shape index (κ2) is 15.0. The number of nitrogens with two attached hydrogens (primary N) is 2. The Labute approximate surface area is 190 Å². The first-order chi connectivity index (χ1) is 14.4. The summed E-state index contributed by atoms with van der Waals surface area (Å²) in [6, 6.07) is -3.79. The Balaban J connectivity index is 5.41. The van der Waals surface area contributed by atoms with E-state index in [1.807, 2.05) is 13.8 Å². The lowest BCUT2D eigenvalue weighted by atomic mass is 10.0. The Morgan fingerprint density at radius 3 is 1.84 bits per heavy atom. The minimum absolute atomic E-state index is 0.0509. The Morgan fingerprint density at radius 1 is 0.871 bits per heavy atom. The molecule has 180 valence electrons. The first-order valence-electron chi connectivity index (χ1n) is 10.6. The van der Waals surface area contributed by atoms with Crippen molar-refractivity contribution in [3.63, 3.8) is 0 Å². The molecule has 0 aromatic heterocycles. The largest absolute Gasteiger partial charge is 0.480 e. The van der Waals surface area contributed by atoms with Gasteiger partial charge in [-0.25, -0.2) is 4.79 Å². The fraction of sp³-hybridized carbons (Fsp3) is 0.800. The highest BCUT2D eigenvalue weighted by atomic mass is 32.1. The van der Waals surface area contributed by atoms with Crippen LogP contribution in [-0.4, -0.2) is 65.3 Å². The summed E-state index contributed by atoms with van der Waals surface area (Å²) in [5.41, 5.74) is 11.4. The van der Waals surface area contributed by atoms with Gasteiger partial charge in [-0.1, -0.05) is 27.7 Å². The van der Waals surface area contributed by atoms with Crippen LogP contribution in [0.5, 0.6) is 0 Å². The molecule has 0 spiro atoms. The number of aliphatic carboxylic acids is 1. The average molecular weight is 462 g/mol. The molecule has 0 heterocycles. The van der Waals surface area contributed by atoms with Gasteiger partial charge in [-0.05, 0) is 44.1 Å². The molecular weight excluding hydrogens is 422 g/mol. The van der Waals surface area contributed by atoms with Crippen molar-refractivity contribution < 1.29 is 24.3 Å². The van der Waals surface area contributed by atoms with Crippen molar-refractivity contribution in [3.05, 3.63) is 0 Å². The van der Waals surface area contributed by atoms with Crippen LogP contribution in [0.15, 0.2) is 0 Å². The van der Waals surface area contributed by atoms with Crippen LogP contribution >= 0.6 is 12.6 Å². The Kier molecular flexibility index (Phi) is 14.1. The van der Waals surface area contributed by atoms with Crippen molar-refractivity contribution in [2.24, 2.45) is 23.3 Å². The summed E-state index contributed by atoms with van der Waals surface area (Å²) in [6.07, 6.45) is 1.91. The minimum atomic E-state index is -1.22. The molecule has 3 amide bonds. The van der Waals surface area contributed by atoms with E-state index >= 15 is 0 Å². The molecule has 31 heavy (non-hydrogen) atoms. The number of thiol groups is 1. The molecule has 0 aromatic carbocycles. The minimum Gasteiger partial charge on any atom is -0.480 e. The lowest BCUT2D eigenvalue weighted by Crippen LogP contribution is -2.57. The van der Waals surface area contributed by atoms with Crippen molar-refractivity contribution in [1.29, 1.82) is 0 Å². The van der Waals surface area contributed by atoms with Crippen LogP contribution in [0.4, 0.5) is 0 Å². The number of nitrogens with one attached hydrogen (secondary N) is 3. The SMILES string of the molecule is CC(C)CC(NC(=O)C(CCCCN)NC(=O)C(N)C(C)C)C(=O)NC(CS)C(=O)O. The molecule has 0 rings (SSSR count). The monoisotopic (exact) mass is 461 g/mol. The molecule has 4 unspecified atom stereocenters. The van der Waals surface area contributed by atoms with Gasteiger partial charge in [0.15, 0.2) is 0 Å². The summed E-state index contributed by atoms with van der Waals surface area (Å²) in [5, 5.41) is 16.9. The van der Waals surface area contributed by atoms with Crippen LogP contribution in [0.25, 0.3) is 0 Å². The van der Waals surface area contributed by atoms with Gasteiger partial charge in [0.1, 0.15) is 18.1 Å². The third-order valence-corrected chi connectivity index (χ3v) is 5.10. The van der Waals surface area contributed by atoms with E-state index in [9.17, 15) is 19.2 Å². The fourth-order valence-electron chi connectivity index (χ4n) is 2.77. The number of amides is 3. The fourth-order valence-corrected chi connectivity index (χ4v) is 3.01. The van der Waals surface area contributed by atoms with E-state index in [2.05, 4.69) is 28.6 Å². The summed E-state index contributed by atoms with van der Waals surface area (Å²) in [5.74, 6) is -2.96. The van der Waals surface area contributed by atoms with Crippen LogP contribution in [0.3, 0.4) is 0 Å². The lowest BCUT2D eigenvalue weighted by molar-refractivity contribution is -0.141. The maximum atomic E-state index is 12.9. The average Bonchev–Trinajstić information content (AvgIpc) is 2.68. The van der Waals surface area contributed by atoms with Gasteiger partial charge >= 0.3 is 5.97 Å². The normalized spacial score (nSPS) is 15.1. The molecule has 0 aliphatic heterocycles. The summed E-state index contributed by atoms with van der Waals surface area (Å²) < 4.78 is 0. The number of rotatable bonds is 15. The summed E-state index contributed by atoms with van der Waals surface area (Å²) in [4.78, 5) is 49.2. The molecule has 4 atom stereocenters. The molecule has 0 fully saturated rings. The van der Waals surface area contributed by atoms with Crippen molar-refractivity contribution in [2.75, 3.05) is 12.3 Å². The molecule has 0 radical (unpaired) electrons. The standard InChI is InChI=1S/C20H39N5O5S/c1-11(2)9-14(18(27)25-15(10-31)20(29)30)24-17(26)13(7-5-6-8-21)23-19(28)16(22)12(3)4/h11-16,31H,5-10,21-22H2,1-4H3,(H,23,28)(H,24,26)(H,25,27)(H,29,30).